The lowest BCUT2D eigenvalue weighted by Gasteiger charge is -2.32. The standard InChI is InChI=1S/C34H41FO5.C5H11NO2.C2H6/c1-26(38-23-28-8-4-2-5-9-28)34(40-25-30-12-13-30)31(22-27-14-16-32(35)17-15-27)18-20-37-21-19-33(36)39-24-29-10-6-3-7-11-29;1-5(2,3)8-4(6)7;1-2/h2-11,14-17,26,30-31,34H,12-13,18-25H2,1H3;1-3H3,(H2,6,7);1-2H3/t26?,31?,34-;;/m0../s1. The van der Waals surface area contributed by atoms with Crippen LogP contribution in [-0.2, 0) is 48.1 Å². The van der Waals surface area contributed by atoms with Crippen molar-refractivity contribution in [2.45, 2.75) is 105 Å². The van der Waals surface area contributed by atoms with E-state index in [1.165, 1.54) is 25.0 Å². The fourth-order valence-corrected chi connectivity index (χ4v) is 4.99. The summed E-state index contributed by atoms with van der Waals surface area (Å²) in [5.74, 6) is 0.192. The zero-order valence-electron chi connectivity index (χ0n) is 30.8. The lowest BCUT2D eigenvalue weighted by Crippen LogP contribution is -2.38. The molecule has 2 unspecified atom stereocenters. The van der Waals surface area contributed by atoms with Gasteiger partial charge in [0.1, 0.15) is 18.0 Å². The minimum absolute atomic E-state index is 0.0972. The van der Waals surface area contributed by atoms with E-state index in [1.807, 2.05) is 74.5 Å². The van der Waals surface area contributed by atoms with Crippen molar-refractivity contribution < 1.29 is 37.7 Å². The Hall–Kier alpha value is -3.79. The molecule has 1 saturated carbocycles. The van der Waals surface area contributed by atoms with Crippen LogP contribution in [0.3, 0.4) is 0 Å². The van der Waals surface area contributed by atoms with Gasteiger partial charge < -0.3 is 29.4 Å². The maximum atomic E-state index is 13.6. The van der Waals surface area contributed by atoms with Crippen LogP contribution in [0.15, 0.2) is 84.9 Å². The van der Waals surface area contributed by atoms with E-state index in [4.69, 9.17) is 24.7 Å². The van der Waals surface area contributed by atoms with Gasteiger partial charge >= 0.3 is 12.1 Å². The normalized spacial score (nSPS) is 14.1. The van der Waals surface area contributed by atoms with Crippen molar-refractivity contribution in [2.24, 2.45) is 17.6 Å². The van der Waals surface area contributed by atoms with E-state index in [0.717, 1.165) is 36.1 Å². The van der Waals surface area contributed by atoms with Gasteiger partial charge in [-0.2, -0.15) is 0 Å². The van der Waals surface area contributed by atoms with E-state index in [2.05, 4.69) is 23.8 Å². The van der Waals surface area contributed by atoms with Gasteiger partial charge in [0.25, 0.3) is 0 Å². The highest BCUT2D eigenvalue weighted by atomic mass is 19.1. The zero-order valence-corrected chi connectivity index (χ0v) is 30.8. The predicted octanol–water partition coefficient (Wildman–Crippen LogP) is 8.83. The van der Waals surface area contributed by atoms with Crippen molar-refractivity contribution in [2.75, 3.05) is 19.8 Å². The molecule has 1 aliphatic carbocycles. The molecule has 3 aromatic rings. The number of amides is 1. The van der Waals surface area contributed by atoms with Gasteiger partial charge in [-0.1, -0.05) is 86.6 Å². The number of halogens is 1. The minimum Gasteiger partial charge on any atom is -0.461 e. The number of hydrogen-bond donors (Lipinski definition) is 1. The quantitative estimate of drug-likeness (QED) is 0.105. The summed E-state index contributed by atoms with van der Waals surface area (Å²) < 4.78 is 42.2. The summed E-state index contributed by atoms with van der Waals surface area (Å²) in [6.45, 7) is 13.6. The summed E-state index contributed by atoms with van der Waals surface area (Å²) >= 11 is 0. The number of rotatable bonds is 18. The zero-order chi connectivity index (χ0) is 36.8. The highest BCUT2D eigenvalue weighted by molar-refractivity contribution is 5.69. The smallest absolute Gasteiger partial charge is 0.405 e. The first-order valence-corrected chi connectivity index (χ1v) is 17.8. The van der Waals surface area contributed by atoms with Crippen LogP contribution in [0, 0.1) is 17.7 Å². The molecule has 0 saturated heterocycles. The van der Waals surface area contributed by atoms with E-state index >= 15 is 0 Å². The molecule has 0 radical (unpaired) electrons. The molecular weight excluding hydrogens is 637 g/mol. The van der Waals surface area contributed by atoms with E-state index in [-0.39, 0.29) is 42.9 Å². The van der Waals surface area contributed by atoms with Crippen LogP contribution in [-0.4, -0.2) is 49.7 Å². The van der Waals surface area contributed by atoms with Gasteiger partial charge in [0, 0.05) is 13.2 Å². The summed E-state index contributed by atoms with van der Waals surface area (Å²) in [4.78, 5) is 22.2. The van der Waals surface area contributed by atoms with Gasteiger partial charge in [-0.25, -0.2) is 9.18 Å². The Morgan fingerprint density at radius 3 is 1.92 bits per heavy atom. The molecule has 276 valence electrons. The Morgan fingerprint density at radius 2 is 1.40 bits per heavy atom. The van der Waals surface area contributed by atoms with Gasteiger partial charge in [-0.05, 0) is 94.0 Å². The number of ether oxygens (including phenoxy) is 5. The summed E-state index contributed by atoms with van der Waals surface area (Å²) in [7, 11) is 0. The minimum atomic E-state index is -0.725. The van der Waals surface area contributed by atoms with E-state index in [9.17, 15) is 14.0 Å². The van der Waals surface area contributed by atoms with Gasteiger partial charge in [-0.15, -0.1) is 0 Å². The second-order valence-corrected chi connectivity index (χ2v) is 13.2. The number of primary amides is 1. The topological polar surface area (TPSA) is 106 Å². The van der Waals surface area contributed by atoms with Crippen LogP contribution in [0.25, 0.3) is 0 Å². The molecule has 50 heavy (non-hydrogen) atoms. The maximum absolute atomic E-state index is 13.6. The Balaban J connectivity index is 0.000000763. The molecule has 8 nitrogen and oxygen atoms in total. The molecule has 1 amide bonds. The summed E-state index contributed by atoms with van der Waals surface area (Å²) in [5, 5.41) is 0. The average Bonchev–Trinajstić information content (AvgIpc) is 3.93. The van der Waals surface area contributed by atoms with Crippen molar-refractivity contribution in [1.82, 2.24) is 0 Å². The number of hydrogen-bond acceptors (Lipinski definition) is 7. The molecule has 3 atom stereocenters. The second-order valence-electron chi connectivity index (χ2n) is 13.2. The predicted molar refractivity (Wildman–Crippen MR) is 195 cm³/mol. The van der Waals surface area contributed by atoms with Crippen molar-refractivity contribution in [1.29, 1.82) is 0 Å². The van der Waals surface area contributed by atoms with Gasteiger partial charge in [0.05, 0.1) is 31.8 Å². The molecule has 0 aliphatic heterocycles. The highest BCUT2D eigenvalue weighted by Gasteiger charge is 2.31. The molecule has 0 aromatic heterocycles. The molecule has 0 bridgehead atoms. The number of esters is 1. The molecular formula is C41H58FNO7. The molecule has 1 fully saturated rings. The van der Waals surface area contributed by atoms with E-state index in [1.54, 1.807) is 20.8 Å². The first-order chi connectivity index (χ1) is 24.0. The summed E-state index contributed by atoms with van der Waals surface area (Å²) in [6, 6.07) is 26.4. The van der Waals surface area contributed by atoms with Gasteiger partial charge in [0.15, 0.2) is 0 Å². The molecule has 9 heteroatoms. The molecule has 1 aliphatic rings. The number of benzene rings is 3. The second kappa shape index (κ2) is 23.6. The third-order valence-corrected chi connectivity index (χ3v) is 7.65. The molecule has 3 aromatic carbocycles. The SMILES string of the molecule is CC.CC(C)(C)OC(N)=O.CC(OCc1ccccc1)[C@H](OCC1CC1)C(CCOCCC(=O)OCc1ccccc1)Cc1ccc(F)cc1. The Kier molecular flexibility index (Phi) is 20.0. The van der Waals surface area contributed by atoms with Crippen LogP contribution in [0.5, 0.6) is 0 Å². The van der Waals surface area contributed by atoms with Gasteiger partial charge in [-0.3, -0.25) is 4.79 Å². The number of carbonyl (C=O) groups is 2. The Labute approximate surface area is 298 Å². The Morgan fingerprint density at radius 1 is 0.820 bits per heavy atom. The average molecular weight is 696 g/mol. The van der Waals surface area contributed by atoms with Gasteiger partial charge in [0.2, 0.25) is 0 Å². The third-order valence-electron chi connectivity index (χ3n) is 7.65. The van der Waals surface area contributed by atoms with Crippen LogP contribution >= 0.6 is 0 Å². The fourth-order valence-electron chi connectivity index (χ4n) is 4.99. The lowest BCUT2D eigenvalue weighted by atomic mass is 9.88. The van der Waals surface area contributed by atoms with Crippen molar-refractivity contribution in [3.8, 4) is 0 Å². The van der Waals surface area contributed by atoms with Crippen molar-refractivity contribution in [3.63, 3.8) is 0 Å². The number of carbonyl (C=O) groups excluding carboxylic acids is 2. The van der Waals surface area contributed by atoms with E-state index < -0.39 is 11.7 Å². The van der Waals surface area contributed by atoms with Crippen molar-refractivity contribution >= 4 is 12.1 Å². The summed E-state index contributed by atoms with van der Waals surface area (Å²) in [6.07, 6.45) is 3.05. The molecule has 0 spiro atoms. The molecule has 0 heterocycles. The third kappa shape index (κ3) is 19.4. The summed E-state index contributed by atoms with van der Waals surface area (Å²) in [5.41, 5.74) is 7.39. The van der Waals surface area contributed by atoms with E-state index in [0.29, 0.717) is 25.7 Å². The number of nitrogens with two attached hydrogens (primary N) is 1. The van der Waals surface area contributed by atoms with Crippen LogP contribution in [0.1, 0.15) is 83.9 Å². The first kappa shape index (κ1) is 42.4. The Bertz CT molecular complexity index is 1330. The highest BCUT2D eigenvalue weighted by Crippen LogP contribution is 2.32. The van der Waals surface area contributed by atoms with Crippen LogP contribution in [0.2, 0.25) is 0 Å². The van der Waals surface area contributed by atoms with Crippen molar-refractivity contribution in [3.05, 3.63) is 107 Å². The monoisotopic (exact) mass is 695 g/mol. The molecule has 2 N–H and O–H groups in total. The fraction of sp³-hybridized carbons (Fsp3) is 0.512. The maximum Gasteiger partial charge on any atom is 0.405 e. The lowest BCUT2D eigenvalue weighted by molar-refractivity contribution is -0.146. The first-order valence-electron chi connectivity index (χ1n) is 17.8. The largest absolute Gasteiger partial charge is 0.461 e. The molecule has 4 rings (SSSR count). The van der Waals surface area contributed by atoms with Crippen LogP contribution < -0.4 is 5.73 Å². The van der Waals surface area contributed by atoms with Crippen LogP contribution in [0.4, 0.5) is 9.18 Å².